The predicted molar refractivity (Wildman–Crippen MR) is 54.6 cm³/mol. The summed E-state index contributed by atoms with van der Waals surface area (Å²) in [5.41, 5.74) is 0. The number of alkyl halides is 1. The van der Waals surface area contributed by atoms with Gasteiger partial charge in [-0.05, 0) is 22.7 Å². The van der Waals surface area contributed by atoms with Crippen LogP contribution in [0, 0.1) is 11.8 Å². The fraction of sp³-hybridized carbons (Fsp3) is 1.00. The van der Waals surface area contributed by atoms with E-state index < -0.39 is 0 Å². The SMILES string of the molecule is CC1CCC(CCI)CC1. The molecular formula is C9H17I. The van der Waals surface area contributed by atoms with Gasteiger partial charge < -0.3 is 0 Å². The second-order valence-corrected chi connectivity index (χ2v) is 4.68. The fourth-order valence-electron chi connectivity index (χ4n) is 1.77. The lowest BCUT2D eigenvalue weighted by atomic mass is 9.82. The third-order valence-electron chi connectivity index (χ3n) is 2.65. The normalized spacial score (nSPS) is 34.2. The van der Waals surface area contributed by atoms with Crippen molar-refractivity contribution in [1.29, 1.82) is 0 Å². The smallest absolute Gasteiger partial charge is 0.000209 e. The number of rotatable bonds is 2. The Bertz CT molecular complexity index is 82.7. The highest BCUT2D eigenvalue weighted by atomic mass is 127. The maximum absolute atomic E-state index is 2.50. The van der Waals surface area contributed by atoms with Crippen LogP contribution in [0.3, 0.4) is 0 Å². The first kappa shape index (κ1) is 8.82. The van der Waals surface area contributed by atoms with E-state index in [0.29, 0.717) is 0 Å². The zero-order valence-corrected chi connectivity index (χ0v) is 8.93. The van der Waals surface area contributed by atoms with E-state index in [1.165, 1.54) is 36.5 Å². The molecule has 0 aliphatic heterocycles. The Morgan fingerprint density at radius 2 is 1.80 bits per heavy atom. The molecule has 1 aliphatic carbocycles. The standard InChI is InChI=1S/C9H17I/c1-8-2-4-9(5-3-8)6-7-10/h8-9H,2-7H2,1H3. The summed E-state index contributed by atoms with van der Waals surface area (Å²) in [5.74, 6) is 2.10. The van der Waals surface area contributed by atoms with Crippen LogP contribution in [0.1, 0.15) is 39.0 Å². The number of hydrogen-bond acceptors (Lipinski definition) is 0. The summed E-state index contributed by atoms with van der Waals surface area (Å²) in [6.07, 6.45) is 7.45. The molecule has 0 nitrogen and oxygen atoms in total. The Morgan fingerprint density at radius 3 is 2.30 bits per heavy atom. The Kier molecular flexibility index (Phi) is 4.04. The first-order chi connectivity index (χ1) is 4.83. The van der Waals surface area contributed by atoms with Crippen LogP contribution in [0.15, 0.2) is 0 Å². The molecule has 0 radical (unpaired) electrons. The molecule has 0 bridgehead atoms. The van der Waals surface area contributed by atoms with Crippen LogP contribution in [0.2, 0.25) is 0 Å². The van der Waals surface area contributed by atoms with Crippen molar-refractivity contribution in [2.24, 2.45) is 11.8 Å². The summed E-state index contributed by atoms with van der Waals surface area (Å²) in [6.45, 7) is 2.39. The lowest BCUT2D eigenvalue weighted by Gasteiger charge is -2.25. The summed E-state index contributed by atoms with van der Waals surface area (Å²) in [5, 5.41) is 0. The van der Waals surface area contributed by atoms with Gasteiger partial charge in [-0.2, -0.15) is 0 Å². The quantitative estimate of drug-likeness (QED) is 0.520. The van der Waals surface area contributed by atoms with E-state index in [1.807, 2.05) is 0 Å². The summed E-state index contributed by atoms with van der Waals surface area (Å²) in [4.78, 5) is 0. The van der Waals surface area contributed by atoms with Crippen molar-refractivity contribution in [2.45, 2.75) is 39.0 Å². The van der Waals surface area contributed by atoms with Crippen molar-refractivity contribution in [1.82, 2.24) is 0 Å². The van der Waals surface area contributed by atoms with Crippen molar-refractivity contribution < 1.29 is 0 Å². The predicted octanol–water partition coefficient (Wildman–Crippen LogP) is 3.64. The zero-order valence-electron chi connectivity index (χ0n) is 6.78. The van der Waals surface area contributed by atoms with Crippen LogP contribution in [-0.4, -0.2) is 4.43 Å². The minimum Gasteiger partial charge on any atom is -0.0864 e. The molecule has 0 heterocycles. The molecular weight excluding hydrogens is 235 g/mol. The van der Waals surface area contributed by atoms with Crippen LogP contribution in [0.4, 0.5) is 0 Å². The molecule has 0 unspecified atom stereocenters. The number of halogens is 1. The van der Waals surface area contributed by atoms with Crippen LogP contribution in [0.5, 0.6) is 0 Å². The van der Waals surface area contributed by atoms with Gasteiger partial charge >= 0.3 is 0 Å². The van der Waals surface area contributed by atoms with E-state index in [2.05, 4.69) is 29.5 Å². The maximum Gasteiger partial charge on any atom is -0.000209 e. The van der Waals surface area contributed by atoms with Crippen molar-refractivity contribution in [2.75, 3.05) is 4.43 Å². The molecule has 1 fully saturated rings. The monoisotopic (exact) mass is 252 g/mol. The molecule has 1 heteroatoms. The molecule has 0 aromatic rings. The molecule has 10 heavy (non-hydrogen) atoms. The molecule has 60 valence electrons. The highest BCUT2D eigenvalue weighted by Crippen LogP contribution is 2.30. The van der Waals surface area contributed by atoms with Crippen LogP contribution < -0.4 is 0 Å². The molecule has 0 aromatic carbocycles. The van der Waals surface area contributed by atoms with Crippen molar-refractivity contribution in [3.05, 3.63) is 0 Å². The van der Waals surface area contributed by atoms with Gasteiger partial charge in [0, 0.05) is 0 Å². The van der Waals surface area contributed by atoms with Crippen molar-refractivity contribution in [3.63, 3.8) is 0 Å². The fourth-order valence-corrected chi connectivity index (χ4v) is 2.65. The van der Waals surface area contributed by atoms with Gasteiger partial charge in [-0.15, -0.1) is 0 Å². The first-order valence-corrected chi connectivity index (χ1v) is 5.91. The first-order valence-electron chi connectivity index (χ1n) is 4.39. The molecule has 1 saturated carbocycles. The van der Waals surface area contributed by atoms with Gasteiger partial charge in [0.1, 0.15) is 0 Å². The Balaban J connectivity index is 2.13. The van der Waals surface area contributed by atoms with Gasteiger partial charge in [-0.3, -0.25) is 0 Å². The molecule has 0 saturated heterocycles. The summed E-state index contributed by atoms with van der Waals surface area (Å²) in [7, 11) is 0. The van der Waals surface area contributed by atoms with Crippen LogP contribution in [-0.2, 0) is 0 Å². The highest BCUT2D eigenvalue weighted by Gasteiger charge is 2.16. The summed E-state index contributed by atoms with van der Waals surface area (Å²) >= 11 is 2.50. The van der Waals surface area contributed by atoms with Gasteiger partial charge in [0.05, 0.1) is 0 Å². The van der Waals surface area contributed by atoms with Gasteiger partial charge in [0.15, 0.2) is 0 Å². The molecule has 1 rings (SSSR count). The number of hydrogen-bond donors (Lipinski definition) is 0. The minimum atomic E-state index is 1.02. The largest absolute Gasteiger partial charge is 0.0864 e. The molecule has 0 N–H and O–H groups in total. The van der Waals surface area contributed by atoms with Crippen LogP contribution >= 0.6 is 22.6 Å². The van der Waals surface area contributed by atoms with Gasteiger partial charge in [0.2, 0.25) is 0 Å². The van der Waals surface area contributed by atoms with E-state index >= 15 is 0 Å². The Hall–Kier alpha value is 0.730. The lowest BCUT2D eigenvalue weighted by Crippen LogP contribution is -2.12. The van der Waals surface area contributed by atoms with E-state index in [1.54, 1.807) is 0 Å². The lowest BCUT2D eigenvalue weighted by molar-refractivity contribution is 0.286. The molecule has 0 amide bonds. The topological polar surface area (TPSA) is 0 Å². The second-order valence-electron chi connectivity index (χ2n) is 3.60. The minimum absolute atomic E-state index is 1.02. The van der Waals surface area contributed by atoms with Crippen LogP contribution in [0.25, 0.3) is 0 Å². The zero-order chi connectivity index (χ0) is 7.40. The van der Waals surface area contributed by atoms with E-state index in [-0.39, 0.29) is 0 Å². The molecule has 0 spiro atoms. The average molecular weight is 252 g/mol. The van der Waals surface area contributed by atoms with Crippen molar-refractivity contribution >= 4 is 22.6 Å². The van der Waals surface area contributed by atoms with Gasteiger partial charge in [0.25, 0.3) is 0 Å². The molecule has 0 aromatic heterocycles. The average Bonchev–Trinajstić information content (AvgIpc) is 1.95. The van der Waals surface area contributed by atoms with E-state index in [9.17, 15) is 0 Å². The Labute approximate surface area is 77.9 Å². The maximum atomic E-state index is 2.50. The third kappa shape index (κ3) is 2.77. The van der Waals surface area contributed by atoms with Gasteiger partial charge in [-0.1, -0.05) is 55.2 Å². The second kappa shape index (κ2) is 4.58. The van der Waals surface area contributed by atoms with Crippen molar-refractivity contribution in [3.8, 4) is 0 Å². The summed E-state index contributed by atoms with van der Waals surface area (Å²) in [6, 6.07) is 0. The summed E-state index contributed by atoms with van der Waals surface area (Å²) < 4.78 is 1.36. The molecule has 0 atom stereocenters. The van der Waals surface area contributed by atoms with E-state index in [0.717, 1.165) is 11.8 Å². The highest BCUT2D eigenvalue weighted by molar-refractivity contribution is 14.1. The van der Waals surface area contributed by atoms with Gasteiger partial charge in [-0.25, -0.2) is 0 Å². The Morgan fingerprint density at radius 1 is 1.20 bits per heavy atom. The third-order valence-corrected chi connectivity index (χ3v) is 3.28. The molecule has 1 aliphatic rings. The van der Waals surface area contributed by atoms with E-state index in [4.69, 9.17) is 0 Å².